The van der Waals surface area contributed by atoms with Gasteiger partial charge in [0.2, 0.25) is 5.91 Å². The molecule has 1 amide bonds. The Morgan fingerprint density at radius 3 is 2.43 bits per heavy atom. The number of aliphatic hydroxyl groups is 1. The van der Waals surface area contributed by atoms with Crippen LogP contribution in [0.5, 0.6) is 5.75 Å². The second kappa shape index (κ2) is 20.7. The number of aryl methyl sites for hydroxylation is 2. The molecule has 0 aliphatic heterocycles. The van der Waals surface area contributed by atoms with Gasteiger partial charge in [-0.2, -0.15) is 0 Å². The Bertz CT molecular complexity index is 790. The van der Waals surface area contributed by atoms with Gasteiger partial charge in [0.25, 0.3) is 0 Å². The van der Waals surface area contributed by atoms with E-state index in [-0.39, 0.29) is 18.4 Å². The molecule has 0 saturated heterocycles. The van der Waals surface area contributed by atoms with Crippen molar-refractivity contribution in [2.45, 2.75) is 116 Å². The number of nitrogens with zero attached hydrogens (tertiary/aromatic N) is 1. The molecule has 1 unspecified atom stereocenters. The largest absolute Gasteiger partial charge is 0.493 e. The molecule has 37 heavy (non-hydrogen) atoms. The molecular weight excluding hydrogens is 466 g/mol. The highest BCUT2D eigenvalue weighted by molar-refractivity contribution is 5.75. The monoisotopic (exact) mass is 517 g/mol. The van der Waals surface area contributed by atoms with Crippen LogP contribution in [0.3, 0.4) is 0 Å². The van der Waals surface area contributed by atoms with Gasteiger partial charge in [-0.15, -0.1) is 0 Å². The average molecular weight is 518 g/mol. The third-order valence-electron chi connectivity index (χ3n) is 6.57. The lowest BCUT2D eigenvalue weighted by Gasteiger charge is -2.13. The van der Waals surface area contributed by atoms with E-state index in [0.29, 0.717) is 19.4 Å². The smallest absolute Gasteiger partial charge is 0.303 e. The number of hydrogen-bond acceptors (Lipinski definition) is 4. The minimum atomic E-state index is -0.816. The fourth-order valence-electron chi connectivity index (χ4n) is 4.22. The molecule has 0 aliphatic rings. The van der Waals surface area contributed by atoms with E-state index in [9.17, 15) is 14.7 Å². The first-order valence-electron chi connectivity index (χ1n) is 14.3. The van der Waals surface area contributed by atoms with Crippen LogP contribution in [0.15, 0.2) is 30.4 Å². The summed E-state index contributed by atoms with van der Waals surface area (Å²) in [7, 11) is 3.55. The van der Waals surface area contributed by atoms with Crippen LogP contribution < -0.4 is 4.74 Å². The van der Waals surface area contributed by atoms with Crippen molar-refractivity contribution in [2.24, 2.45) is 0 Å². The zero-order chi connectivity index (χ0) is 27.3. The highest BCUT2D eigenvalue weighted by Gasteiger charge is 2.09. The van der Waals surface area contributed by atoms with Crippen LogP contribution >= 0.6 is 0 Å². The molecule has 1 aromatic carbocycles. The summed E-state index contributed by atoms with van der Waals surface area (Å²) in [4.78, 5) is 24.5. The second-order valence-electron chi connectivity index (χ2n) is 10.2. The first-order chi connectivity index (χ1) is 17.8. The summed E-state index contributed by atoms with van der Waals surface area (Å²) < 4.78 is 6.01. The van der Waals surface area contributed by atoms with Crippen molar-refractivity contribution in [1.29, 1.82) is 0 Å². The topological polar surface area (TPSA) is 87.1 Å². The SMILES string of the molecule is CCCCCCCCC(O)/C=C/CCCCOc1ccc(CCCCC(=O)N(C)C)cc1CCC(=O)O. The fourth-order valence-corrected chi connectivity index (χ4v) is 4.22. The molecule has 1 atom stereocenters. The number of aliphatic hydroxyl groups excluding tert-OH is 1. The molecule has 1 aromatic rings. The standard InChI is InChI=1S/C31H51NO5/c1-4-5-6-7-8-11-17-28(33)18-12-9-10-15-24-37-29-22-20-26(25-27(29)21-23-31(35)36)16-13-14-19-30(34)32(2)3/h12,18,20,22,25,28,33H,4-11,13-17,19,21,23-24H2,1-3H3,(H,35,36)/b18-12+. The number of ether oxygens (including phenoxy) is 1. The zero-order valence-corrected chi connectivity index (χ0v) is 23.6. The molecule has 0 heterocycles. The Morgan fingerprint density at radius 2 is 1.70 bits per heavy atom. The lowest BCUT2D eigenvalue weighted by atomic mass is 10.0. The lowest BCUT2D eigenvalue weighted by molar-refractivity contribution is -0.137. The van der Waals surface area contributed by atoms with E-state index in [1.54, 1.807) is 19.0 Å². The van der Waals surface area contributed by atoms with E-state index < -0.39 is 5.97 Å². The predicted molar refractivity (Wildman–Crippen MR) is 151 cm³/mol. The van der Waals surface area contributed by atoms with Crippen molar-refractivity contribution in [2.75, 3.05) is 20.7 Å². The van der Waals surface area contributed by atoms with E-state index in [1.807, 2.05) is 18.2 Å². The molecule has 210 valence electrons. The van der Waals surface area contributed by atoms with Crippen LogP contribution in [-0.2, 0) is 22.4 Å². The Morgan fingerprint density at radius 1 is 0.946 bits per heavy atom. The fraction of sp³-hybridized carbons (Fsp3) is 0.677. The summed E-state index contributed by atoms with van der Waals surface area (Å²) in [6, 6.07) is 6.05. The van der Waals surface area contributed by atoms with E-state index in [4.69, 9.17) is 9.84 Å². The van der Waals surface area contributed by atoms with Crippen molar-refractivity contribution in [1.82, 2.24) is 4.90 Å². The van der Waals surface area contributed by atoms with Crippen molar-refractivity contribution >= 4 is 11.9 Å². The first kappa shape index (κ1) is 32.7. The predicted octanol–water partition coefficient (Wildman–Crippen LogP) is 6.72. The van der Waals surface area contributed by atoms with E-state index >= 15 is 0 Å². The Labute approximate surface area is 225 Å². The van der Waals surface area contributed by atoms with Gasteiger partial charge >= 0.3 is 5.97 Å². The van der Waals surface area contributed by atoms with Crippen LogP contribution in [-0.4, -0.2) is 53.8 Å². The van der Waals surface area contributed by atoms with Gasteiger partial charge in [0, 0.05) is 26.9 Å². The van der Waals surface area contributed by atoms with E-state index in [0.717, 1.165) is 68.2 Å². The molecule has 0 aliphatic carbocycles. The molecule has 2 N–H and O–H groups in total. The number of amides is 1. The minimum absolute atomic E-state index is 0.0724. The van der Waals surface area contributed by atoms with Crippen LogP contribution in [0.4, 0.5) is 0 Å². The van der Waals surface area contributed by atoms with Gasteiger partial charge in [-0.1, -0.05) is 69.7 Å². The molecular formula is C31H51NO5. The Balaban J connectivity index is 2.36. The van der Waals surface area contributed by atoms with E-state index in [2.05, 4.69) is 19.1 Å². The molecule has 6 nitrogen and oxygen atoms in total. The Kier molecular flexibility index (Phi) is 18.3. The van der Waals surface area contributed by atoms with Gasteiger partial charge in [0.15, 0.2) is 0 Å². The zero-order valence-electron chi connectivity index (χ0n) is 23.6. The van der Waals surface area contributed by atoms with Gasteiger partial charge in [0.05, 0.1) is 12.7 Å². The number of unbranched alkanes of at least 4 members (excludes halogenated alkanes) is 8. The third kappa shape index (κ3) is 16.9. The number of allylic oxidation sites excluding steroid dienone is 1. The van der Waals surface area contributed by atoms with Crippen LogP contribution in [0.25, 0.3) is 0 Å². The molecule has 0 fully saturated rings. The number of carboxylic acids is 1. The van der Waals surface area contributed by atoms with Gasteiger partial charge < -0.3 is 19.8 Å². The summed E-state index contributed by atoms with van der Waals surface area (Å²) in [5, 5.41) is 19.2. The van der Waals surface area contributed by atoms with Gasteiger partial charge in [-0.05, 0) is 68.6 Å². The highest BCUT2D eigenvalue weighted by atomic mass is 16.5. The maximum absolute atomic E-state index is 11.7. The number of rotatable bonds is 22. The lowest BCUT2D eigenvalue weighted by Crippen LogP contribution is -2.21. The molecule has 0 aromatic heterocycles. The summed E-state index contributed by atoms with van der Waals surface area (Å²) >= 11 is 0. The summed E-state index contributed by atoms with van der Waals surface area (Å²) in [6.45, 7) is 2.81. The Hall–Kier alpha value is -2.34. The number of carboxylic acid groups (broad SMARTS) is 1. The summed E-state index contributed by atoms with van der Waals surface area (Å²) in [5.41, 5.74) is 2.08. The summed E-state index contributed by atoms with van der Waals surface area (Å²) in [5.74, 6) is 0.0902. The molecule has 0 spiro atoms. The van der Waals surface area contributed by atoms with Crippen molar-refractivity contribution in [3.63, 3.8) is 0 Å². The van der Waals surface area contributed by atoms with Crippen LogP contribution in [0.1, 0.15) is 108 Å². The van der Waals surface area contributed by atoms with Crippen molar-refractivity contribution < 1.29 is 24.5 Å². The normalized spacial score (nSPS) is 12.1. The molecule has 6 heteroatoms. The van der Waals surface area contributed by atoms with Crippen molar-refractivity contribution in [3.05, 3.63) is 41.5 Å². The minimum Gasteiger partial charge on any atom is -0.493 e. The van der Waals surface area contributed by atoms with Crippen LogP contribution in [0, 0.1) is 0 Å². The highest BCUT2D eigenvalue weighted by Crippen LogP contribution is 2.24. The number of aliphatic carboxylic acids is 1. The first-order valence-corrected chi connectivity index (χ1v) is 14.3. The molecule has 1 rings (SSSR count). The average Bonchev–Trinajstić information content (AvgIpc) is 2.87. The van der Waals surface area contributed by atoms with Gasteiger partial charge in [0.1, 0.15) is 5.75 Å². The van der Waals surface area contributed by atoms with Crippen LogP contribution in [0.2, 0.25) is 0 Å². The maximum Gasteiger partial charge on any atom is 0.303 e. The number of benzene rings is 1. The summed E-state index contributed by atoms with van der Waals surface area (Å²) in [6.07, 6.45) is 18.4. The van der Waals surface area contributed by atoms with E-state index in [1.165, 1.54) is 32.1 Å². The van der Waals surface area contributed by atoms with Crippen molar-refractivity contribution in [3.8, 4) is 5.75 Å². The number of carbonyl (C=O) groups excluding carboxylic acids is 1. The molecule has 0 saturated carbocycles. The molecule has 0 radical (unpaired) electrons. The third-order valence-corrected chi connectivity index (χ3v) is 6.57. The maximum atomic E-state index is 11.7. The van der Waals surface area contributed by atoms with Gasteiger partial charge in [-0.25, -0.2) is 0 Å². The second-order valence-corrected chi connectivity index (χ2v) is 10.2. The molecule has 0 bridgehead atoms. The number of carbonyl (C=O) groups is 2. The number of hydrogen-bond donors (Lipinski definition) is 2. The quantitative estimate of drug-likeness (QED) is 0.132. The van der Waals surface area contributed by atoms with Gasteiger partial charge in [-0.3, -0.25) is 9.59 Å².